The summed E-state index contributed by atoms with van der Waals surface area (Å²) in [5.41, 5.74) is 0. The average molecular weight is 233 g/mol. The van der Waals surface area contributed by atoms with Crippen molar-refractivity contribution in [2.24, 2.45) is 5.92 Å². The normalized spacial score (nSPS) is 19.9. The fourth-order valence-electron chi connectivity index (χ4n) is 2.16. The van der Waals surface area contributed by atoms with Gasteiger partial charge in [-0.1, -0.05) is 18.2 Å². The van der Waals surface area contributed by atoms with Crippen LogP contribution < -0.4 is 10.1 Å². The second-order valence-corrected chi connectivity index (χ2v) is 4.54. The number of nitrogens with one attached hydrogen (secondary N) is 1. The van der Waals surface area contributed by atoms with E-state index in [1.165, 1.54) is 12.8 Å². The summed E-state index contributed by atoms with van der Waals surface area (Å²) in [5, 5.41) is 3.36. The largest absolute Gasteiger partial charge is 0.427 e. The van der Waals surface area contributed by atoms with Gasteiger partial charge in [0.1, 0.15) is 5.75 Å². The molecule has 0 radical (unpaired) electrons. The molecule has 0 amide bonds. The molecule has 1 aliphatic heterocycles. The van der Waals surface area contributed by atoms with Crippen molar-refractivity contribution in [1.29, 1.82) is 0 Å². The topological polar surface area (TPSA) is 38.3 Å². The molecule has 0 saturated carbocycles. The minimum absolute atomic E-state index is 0.123. The quantitative estimate of drug-likeness (QED) is 0.641. The zero-order valence-electron chi connectivity index (χ0n) is 10.0. The highest BCUT2D eigenvalue weighted by atomic mass is 16.5. The van der Waals surface area contributed by atoms with Gasteiger partial charge in [0.25, 0.3) is 0 Å². The van der Waals surface area contributed by atoms with Gasteiger partial charge in [-0.2, -0.15) is 0 Å². The lowest BCUT2D eigenvalue weighted by molar-refractivity contribution is -0.134. The van der Waals surface area contributed by atoms with Gasteiger partial charge in [-0.15, -0.1) is 0 Å². The van der Waals surface area contributed by atoms with E-state index in [1.807, 2.05) is 18.2 Å². The molecule has 1 aromatic carbocycles. The Morgan fingerprint density at radius 2 is 2.18 bits per heavy atom. The number of esters is 1. The predicted octanol–water partition coefficient (Wildman–Crippen LogP) is 2.37. The molecule has 1 heterocycles. The second-order valence-electron chi connectivity index (χ2n) is 4.54. The fraction of sp³-hybridized carbons (Fsp3) is 0.500. The van der Waals surface area contributed by atoms with Gasteiger partial charge >= 0.3 is 5.97 Å². The molecule has 3 heteroatoms. The highest BCUT2D eigenvalue weighted by Gasteiger charge is 2.15. The van der Waals surface area contributed by atoms with E-state index < -0.39 is 0 Å². The van der Waals surface area contributed by atoms with Crippen LogP contribution in [-0.4, -0.2) is 19.1 Å². The van der Waals surface area contributed by atoms with Crippen LogP contribution in [0.3, 0.4) is 0 Å². The Balaban J connectivity index is 1.70. The first kappa shape index (κ1) is 12.1. The van der Waals surface area contributed by atoms with Crippen LogP contribution >= 0.6 is 0 Å². The molecular formula is C14H19NO2. The first-order chi connectivity index (χ1) is 8.34. The number of para-hydroxylation sites is 1. The van der Waals surface area contributed by atoms with E-state index in [2.05, 4.69) is 5.32 Å². The number of carbonyl (C=O) groups is 1. The van der Waals surface area contributed by atoms with Gasteiger partial charge in [0.05, 0.1) is 0 Å². The molecule has 1 saturated heterocycles. The van der Waals surface area contributed by atoms with Gasteiger partial charge in [0.2, 0.25) is 0 Å². The summed E-state index contributed by atoms with van der Waals surface area (Å²) in [6, 6.07) is 9.26. The number of hydrogen-bond acceptors (Lipinski definition) is 3. The molecule has 3 nitrogen and oxygen atoms in total. The van der Waals surface area contributed by atoms with Gasteiger partial charge in [-0.25, -0.2) is 0 Å². The van der Waals surface area contributed by atoms with Gasteiger partial charge in [0, 0.05) is 6.42 Å². The van der Waals surface area contributed by atoms with Gasteiger partial charge in [0.15, 0.2) is 0 Å². The van der Waals surface area contributed by atoms with Crippen molar-refractivity contribution in [3.8, 4) is 5.75 Å². The molecule has 92 valence electrons. The summed E-state index contributed by atoms with van der Waals surface area (Å²) in [4.78, 5) is 11.6. The van der Waals surface area contributed by atoms with Crippen LogP contribution in [0.15, 0.2) is 30.3 Å². The van der Waals surface area contributed by atoms with Crippen LogP contribution in [0.2, 0.25) is 0 Å². The Morgan fingerprint density at radius 1 is 1.35 bits per heavy atom. The summed E-state index contributed by atoms with van der Waals surface area (Å²) >= 11 is 0. The zero-order chi connectivity index (χ0) is 11.9. The predicted molar refractivity (Wildman–Crippen MR) is 66.9 cm³/mol. The van der Waals surface area contributed by atoms with Crippen LogP contribution in [0.25, 0.3) is 0 Å². The van der Waals surface area contributed by atoms with Crippen LogP contribution in [0, 0.1) is 5.92 Å². The summed E-state index contributed by atoms with van der Waals surface area (Å²) in [6.07, 6.45) is 3.89. The summed E-state index contributed by atoms with van der Waals surface area (Å²) in [7, 11) is 0. The van der Waals surface area contributed by atoms with Crippen molar-refractivity contribution in [1.82, 2.24) is 5.32 Å². The molecule has 0 aliphatic carbocycles. The molecule has 0 aromatic heterocycles. The van der Waals surface area contributed by atoms with Crippen molar-refractivity contribution in [2.75, 3.05) is 13.1 Å². The number of hydrogen-bond donors (Lipinski definition) is 1. The third kappa shape index (κ3) is 4.19. The molecule has 1 aliphatic rings. The van der Waals surface area contributed by atoms with Crippen molar-refractivity contribution >= 4 is 5.97 Å². The van der Waals surface area contributed by atoms with Crippen LogP contribution in [0.5, 0.6) is 5.75 Å². The molecule has 0 bridgehead atoms. The Hall–Kier alpha value is -1.35. The molecule has 2 rings (SSSR count). The van der Waals surface area contributed by atoms with Gasteiger partial charge in [-0.05, 0) is 50.4 Å². The Morgan fingerprint density at radius 3 is 2.88 bits per heavy atom. The zero-order valence-corrected chi connectivity index (χ0v) is 10.0. The third-order valence-corrected chi connectivity index (χ3v) is 3.13. The molecular weight excluding hydrogens is 214 g/mol. The number of piperidine rings is 1. The minimum atomic E-state index is -0.123. The van der Waals surface area contributed by atoms with E-state index in [1.54, 1.807) is 12.1 Å². The number of carbonyl (C=O) groups excluding carboxylic acids is 1. The molecule has 1 fully saturated rings. The Kier molecular flexibility index (Phi) is 4.56. The van der Waals surface area contributed by atoms with Crippen LogP contribution in [0.4, 0.5) is 0 Å². The lowest BCUT2D eigenvalue weighted by Gasteiger charge is -2.22. The van der Waals surface area contributed by atoms with E-state index in [0.29, 0.717) is 18.1 Å². The lowest BCUT2D eigenvalue weighted by atomic mass is 9.95. The van der Waals surface area contributed by atoms with Crippen LogP contribution in [-0.2, 0) is 4.79 Å². The highest BCUT2D eigenvalue weighted by molar-refractivity contribution is 5.72. The SMILES string of the molecule is O=C(CCC1CCCNC1)Oc1ccccc1. The molecule has 17 heavy (non-hydrogen) atoms. The molecule has 1 N–H and O–H groups in total. The molecule has 1 aromatic rings. The first-order valence-corrected chi connectivity index (χ1v) is 6.31. The second kappa shape index (κ2) is 6.40. The summed E-state index contributed by atoms with van der Waals surface area (Å²) in [6.45, 7) is 2.16. The maximum atomic E-state index is 11.6. The van der Waals surface area contributed by atoms with Crippen molar-refractivity contribution < 1.29 is 9.53 Å². The lowest BCUT2D eigenvalue weighted by Crippen LogP contribution is -2.30. The van der Waals surface area contributed by atoms with E-state index >= 15 is 0 Å². The smallest absolute Gasteiger partial charge is 0.311 e. The number of rotatable bonds is 4. The third-order valence-electron chi connectivity index (χ3n) is 3.13. The molecule has 1 unspecified atom stereocenters. The Bertz CT molecular complexity index is 344. The molecule has 1 atom stereocenters. The average Bonchev–Trinajstić information content (AvgIpc) is 2.39. The number of ether oxygens (including phenoxy) is 1. The Labute approximate surface area is 102 Å². The standard InChI is InChI=1S/C14H19NO2/c16-14(17-13-6-2-1-3-7-13)9-8-12-5-4-10-15-11-12/h1-3,6-7,12,15H,4-5,8-11H2. The number of benzene rings is 1. The van der Waals surface area contributed by atoms with E-state index in [-0.39, 0.29) is 5.97 Å². The van der Waals surface area contributed by atoms with Crippen LogP contribution in [0.1, 0.15) is 25.7 Å². The van der Waals surface area contributed by atoms with E-state index in [0.717, 1.165) is 19.5 Å². The summed E-state index contributed by atoms with van der Waals surface area (Å²) in [5.74, 6) is 1.15. The van der Waals surface area contributed by atoms with Crippen molar-refractivity contribution in [2.45, 2.75) is 25.7 Å². The summed E-state index contributed by atoms with van der Waals surface area (Å²) < 4.78 is 5.25. The first-order valence-electron chi connectivity index (χ1n) is 6.31. The monoisotopic (exact) mass is 233 g/mol. The van der Waals surface area contributed by atoms with Crippen molar-refractivity contribution in [3.05, 3.63) is 30.3 Å². The minimum Gasteiger partial charge on any atom is -0.427 e. The highest BCUT2D eigenvalue weighted by Crippen LogP contribution is 2.17. The van der Waals surface area contributed by atoms with E-state index in [9.17, 15) is 4.79 Å². The maximum absolute atomic E-state index is 11.6. The van der Waals surface area contributed by atoms with Crippen molar-refractivity contribution in [3.63, 3.8) is 0 Å². The fourth-order valence-corrected chi connectivity index (χ4v) is 2.16. The molecule has 0 spiro atoms. The maximum Gasteiger partial charge on any atom is 0.311 e. The van der Waals surface area contributed by atoms with E-state index in [4.69, 9.17) is 4.74 Å². The van der Waals surface area contributed by atoms with Gasteiger partial charge in [-0.3, -0.25) is 4.79 Å². The van der Waals surface area contributed by atoms with Gasteiger partial charge < -0.3 is 10.1 Å².